The Hall–Kier alpha value is -0.630. The summed E-state index contributed by atoms with van der Waals surface area (Å²) in [7, 11) is 4.28. The van der Waals surface area contributed by atoms with Crippen molar-refractivity contribution in [2.75, 3.05) is 33.7 Å². The minimum absolute atomic E-state index is 0.0455. The first-order chi connectivity index (χ1) is 8.02. The van der Waals surface area contributed by atoms with Gasteiger partial charge in [-0.2, -0.15) is 5.26 Å². The lowest BCUT2D eigenvalue weighted by Crippen LogP contribution is -2.50. The van der Waals surface area contributed by atoms with E-state index in [-0.39, 0.29) is 6.04 Å². The molecule has 0 radical (unpaired) electrons. The van der Waals surface area contributed by atoms with Crippen molar-refractivity contribution in [1.29, 1.82) is 5.26 Å². The number of hydrogen-bond donors (Lipinski definition) is 1. The second kappa shape index (κ2) is 6.95. The molecule has 1 aliphatic rings. The van der Waals surface area contributed by atoms with Crippen LogP contribution in [0.25, 0.3) is 0 Å². The first-order valence-corrected chi connectivity index (χ1v) is 6.57. The molecule has 0 aromatic rings. The van der Waals surface area contributed by atoms with Gasteiger partial charge in [0, 0.05) is 25.2 Å². The molecule has 0 amide bonds. The van der Waals surface area contributed by atoms with Gasteiger partial charge in [0.15, 0.2) is 0 Å². The van der Waals surface area contributed by atoms with Crippen LogP contribution in [0.5, 0.6) is 0 Å². The Morgan fingerprint density at radius 1 is 1.47 bits per heavy atom. The predicted molar refractivity (Wildman–Crippen MR) is 70.8 cm³/mol. The fraction of sp³-hybridized carbons (Fsp3) is 0.923. The average molecular weight is 238 g/mol. The van der Waals surface area contributed by atoms with Crippen molar-refractivity contribution >= 4 is 0 Å². The molecule has 0 saturated carbocycles. The molecular formula is C13H26N4. The standard InChI is InChI=1S/C13H26N4/c1-11(2)15-12(8-14)9-17-7-5-6-13(10-17)16(3)4/h11-13,15H,5-7,9-10H2,1-4H3. The molecule has 2 atom stereocenters. The summed E-state index contributed by atoms with van der Waals surface area (Å²) in [6, 6.07) is 3.32. The first kappa shape index (κ1) is 14.4. The highest BCUT2D eigenvalue weighted by Crippen LogP contribution is 2.13. The highest BCUT2D eigenvalue weighted by Gasteiger charge is 2.23. The SMILES string of the molecule is CC(C)NC(C#N)CN1CCCC(N(C)C)C1. The summed E-state index contributed by atoms with van der Waals surface area (Å²) in [5, 5.41) is 12.4. The number of hydrogen-bond acceptors (Lipinski definition) is 4. The topological polar surface area (TPSA) is 42.3 Å². The molecule has 98 valence electrons. The second-order valence-corrected chi connectivity index (χ2v) is 5.52. The maximum Gasteiger partial charge on any atom is 0.108 e. The summed E-state index contributed by atoms with van der Waals surface area (Å²) in [6.07, 6.45) is 2.51. The van der Waals surface area contributed by atoms with E-state index in [4.69, 9.17) is 5.26 Å². The summed E-state index contributed by atoms with van der Waals surface area (Å²) < 4.78 is 0. The Labute approximate surface area is 106 Å². The molecule has 0 aliphatic carbocycles. The lowest BCUT2D eigenvalue weighted by Gasteiger charge is -2.37. The van der Waals surface area contributed by atoms with Gasteiger partial charge in [0.25, 0.3) is 0 Å². The van der Waals surface area contributed by atoms with Crippen LogP contribution < -0.4 is 5.32 Å². The van der Waals surface area contributed by atoms with E-state index in [9.17, 15) is 0 Å². The Balaban J connectivity index is 2.42. The van der Waals surface area contributed by atoms with Crippen LogP contribution in [-0.2, 0) is 0 Å². The molecule has 4 nitrogen and oxygen atoms in total. The van der Waals surface area contributed by atoms with Crippen LogP contribution in [0.4, 0.5) is 0 Å². The predicted octanol–water partition coefficient (Wildman–Crippen LogP) is 0.903. The van der Waals surface area contributed by atoms with Gasteiger partial charge < -0.3 is 4.90 Å². The highest BCUT2D eigenvalue weighted by atomic mass is 15.2. The van der Waals surface area contributed by atoms with Crippen LogP contribution in [-0.4, -0.2) is 61.7 Å². The van der Waals surface area contributed by atoms with Crippen LogP contribution in [0.1, 0.15) is 26.7 Å². The molecule has 0 spiro atoms. The number of nitrogens with zero attached hydrogens (tertiary/aromatic N) is 3. The highest BCUT2D eigenvalue weighted by molar-refractivity contribution is 4.94. The third-order valence-electron chi connectivity index (χ3n) is 3.34. The van der Waals surface area contributed by atoms with Crippen LogP contribution in [0.15, 0.2) is 0 Å². The fourth-order valence-corrected chi connectivity index (χ4v) is 2.41. The Morgan fingerprint density at radius 3 is 2.71 bits per heavy atom. The van der Waals surface area contributed by atoms with Crippen molar-refractivity contribution in [3.8, 4) is 6.07 Å². The van der Waals surface area contributed by atoms with Crippen LogP contribution in [0.3, 0.4) is 0 Å². The average Bonchev–Trinajstić information content (AvgIpc) is 2.28. The summed E-state index contributed by atoms with van der Waals surface area (Å²) in [4.78, 5) is 4.71. The molecule has 1 N–H and O–H groups in total. The molecular weight excluding hydrogens is 212 g/mol. The lowest BCUT2D eigenvalue weighted by atomic mass is 10.0. The number of likely N-dealkylation sites (N-methyl/N-ethyl adjacent to an activating group) is 1. The maximum atomic E-state index is 9.13. The quantitative estimate of drug-likeness (QED) is 0.773. The van der Waals surface area contributed by atoms with Gasteiger partial charge in [0.05, 0.1) is 6.07 Å². The summed E-state index contributed by atoms with van der Waals surface area (Å²) in [5.74, 6) is 0. The third-order valence-corrected chi connectivity index (χ3v) is 3.34. The van der Waals surface area contributed by atoms with Gasteiger partial charge in [-0.25, -0.2) is 0 Å². The van der Waals surface area contributed by atoms with E-state index < -0.39 is 0 Å². The van der Waals surface area contributed by atoms with Crippen molar-refractivity contribution in [2.24, 2.45) is 0 Å². The van der Waals surface area contributed by atoms with Crippen molar-refractivity contribution < 1.29 is 0 Å². The summed E-state index contributed by atoms with van der Waals surface area (Å²) in [6.45, 7) is 7.23. The maximum absolute atomic E-state index is 9.13. The van der Waals surface area contributed by atoms with Crippen molar-refractivity contribution in [3.63, 3.8) is 0 Å². The lowest BCUT2D eigenvalue weighted by molar-refractivity contribution is 0.128. The summed E-state index contributed by atoms with van der Waals surface area (Å²) >= 11 is 0. The van der Waals surface area contributed by atoms with Crippen molar-refractivity contribution in [1.82, 2.24) is 15.1 Å². The zero-order valence-electron chi connectivity index (χ0n) is 11.6. The third kappa shape index (κ3) is 5.03. The van der Waals surface area contributed by atoms with Crippen molar-refractivity contribution in [3.05, 3.63) is 0 Å². The van der Waals surface area contributed by atoms with Gasteiger partial charge in [-0.1, -0.05) is 0 Å². The first-order valence-electron chi connectivity index (χ1n) is 6.57. The van der Waals surface area contributed by atoms with Crippen LogP contribution in [0.2, 0.25) is 0 Å². The van der Waals surface area contributed by atoms with Gasteiger partial charge in [0.1, 0.15) is 6.04 Å². The Morgan fingerprint density at radius 2 is 2.18 bits per heavy atom. The zero-order chi connectivity index (χ0) is 12.8. The number of nitriles is 1. The monoisotopic (exact) mass is 238 g/mol. The van der Waals surface area contributed by atoms with E-state index in [0.717, 1.165) is 19.6 Å². The van der Waals surface area contributed by atoms with E-state index in [1.165, 1.54) is 12.8 Å². The minimum atomic E-state index is -0.0455. The molecule has 1 aliphatic heterocycles. The molecule has 2 unspecified atom stereocenters. The molecule has 4 heteroatoms. The molecule has 1 rings (SSSR count). The second-order valence-electron chi connectivity index (χ2n) is 5.52. The van der Waals surface area contributed by atoms with Crippen molar-refractivity contribution in [2.45, 2.75) is 44.8 Å². The molecule has 17 heavy (non-hydrogen) atoms. The fourth-order valence-electron chi connectivity index (χ4n) is 2.41. The minimum Gasteiger partial charge on any atom is -0.305 e. The van der Waals surface area contributed by atoms with E-state index in [2.05, 4.69) is 49.1 Å². The number of rotatable bonds is 5. The smallest absolute Gasteiger partial charge is 0.108 e. The molecule has 0 aromatic carbocycles. The largest absolute Gasteiger partial charge is 0.305 e. The molecule has 1 saturated heterocycles. The Bertz CT molecular complexity index is 257. The van der Waals surface area contributed by atoms with Gasteiger partial charge >= 0.3 is 0 Å². The van der Waals surface area contributed by atoms with E-state index in [1.54, 1.807) is 0 Å². The van der Waals surface area contributed by atoms with Crippen LogP contribution >= 0.6 is 0 Å². The van der Waals surface area contributed by atoms with E-state index >= 15 is 0 Å². The zero-order valence-corrected chi connectivity index (χ0v) is 11.6. The normalized spacial score (nSPS) is 23.9. The van der Waals surface area contributed by atoms with Gasteiger partial charge in [-0.3, -0.25) is 10.2 Å². The van der Waals surface area contributed by atoms with Gasteiger partial charge in [-0.05, 0) is 47.3 Å². The summed E-state index contributed by atoms with van der Waals surface area (Å²) in [5.41, 5.74) is 0. The van der Waals surface area contributed by atoms with Gasteiger partial charge in [0.2, 0.25) is 0 Å². The molecule has 0 bridgehead atoms. The Kier molecular flexibility index (Phi) is 5.90. The van der Waals surface area contributed by atoms with Gasteiger partial charge in [-0.15, -0.1) is 0 Å². The number of likely N-dealkylation sites (tertiary alicyclic amines) is 1. The van der Waals surface area contributed by atoms with E-state index in [1.807, 2.05) is 0 Å². The number of piperidine rings is 1. The van der Waals surface area contributed by atoms with E-state index in [0.29, 0.717) is 12.1 Å². The molecule has 0 aromatic heterocycles. The number of nitrogens with one attached hydrogen (secondary N) is 1. The van der Waals surface area contributed by atoms with Crippen LogP contribution in [0, 0.1) is 11.3 Å². The molecule has 1 heterocycles. The molecule has 1 fully saturated rings.